The average molecular weight is 451 g/mol. The van der Waals surface area contributed by atoms with Gasteiger partial charge in [0.05, 0.1) is 16.4 Å². The summed E-state index contributed by atoms with van der Waals surface area (Å²) in [6.45, 7) is 1.69. The van der Waals surface area contributed by atoms with Gasteiger partial charge in [-0.25, -0.2) is 19.0 Å². The van der Waals surface area contributed by atoms with Crippen molar-refractivity contribution >= 4 is 28.0 Å². The van der Waals surface area contributed by atoms with E-state index in [4.69, 9.17) is 0 Å². The van der Waals surface area contributed by atoms with Gasteiger partial charge in [-0.15, -0.1) is 5.10 Å². The van der Waals surface area contributed by atoms with Gasteiger partial charge in [-0.3, -0.25) is 9.00 Å². The molecule has 1 unspecified atom stereocenters. The van der Waals surface area contributed by atoms with Crippen molar-refractivity contribution in [1.82, 2.24) is 34.1 Å². The number of pyridine rings is 1. The Hall–Kier alpha value is -3.35. The van der Waals surface area contributed by atoms with Crippen molar-refractivity contribution in [2.24, 2.45) is 0 Å². The van der Waals surface area contributed by atoms with E-state index in [9.17, 15) is 22.2 Å². The highest BCUT2D eigenvalue weighted by atomic mass is 32.2. The predicted octanol–water partition coefficient (Wildman–Crippen LogP) is 2.29. The molecule has 0 aliphatic heterocycles. The second kappa shape index (κ2) is 7.41. The van der Waals surface area contributed by atoms with Gasteiger partial charge in [-0.2, -0.15) is 18.3 Å². The molecule has 0 spiro atoms. The maximum absolute atomic E-state index is 13.0. The molecular weight excluding hydrogens is 435 g/mol. The third kappa shape index (κ3) is 3.54. The van der Waals surface area contributed by atoms with Crippen LogP contribution >= 0.6 is 0 Å². The summed E-state index contributed by atoms with van der Waals surface area (Å²) in [6, 6.07) is 3.23. The molecule has 9 nitrogen and oxygen atoms in total. The lowest BCUT2D eigenvalue weighted by Gasteiger charge is -2.10. The third-order valence-electron chi connectivity index (χ3n) is 4.48. The van der Waals surface area contributed by atoms with Gasteiger partial charge in [0.1, 0.15) is 11.3 Å². The van der Waals surface area contributed by atoms with Crippen LogP contribution in [-0.4, -0.2) is 64.1 Å². The van der Waals surface area contributed by atoms with Crippen molar-refractivity contribution in [1.29, 1.82) is 0 Å². The highest BCUT2D eigenvalue weighted by Gasteiger charge is 2.31. The Morgan fingerprint density at radius 2 is 1.97 bits per heavy atom. The van der Waals surface area contributed by atoms with E-state index < -0.39 is 22.5 Å². The van der Waals surface area contributed by atoms with Crippen LogP contribution in [0.25, 0.3) is 22.7 Å². The fourth-order valence-corrected chi connectivity index (χ4v) is 3.83. The number of hydrogen-bond donors (Lipinski definition) is 0. The van der Waals surface area contributed by atoms with Crippen LogP contribution in [0.2, 0.25) is 0 Å². The molecule has 0 saturated heterocycles. The fourth-order valence-electron chi connectivity index (χ4n) is 2.97. The summed E-state index contributed by atoms with van der Waals surface area (Å²) in [5.41, 5.74) is -0.355. The van der Waals surface area contributed by atoms with Crippen LogP contribution in [0, 0.1) is 0 Å². The fraction of sp³-hybridized carbons (Fsp3) is 0.278. The number of alkyl halides is 3. The molecular formula is C18H16F3N7O2S. The smallest absolute Gasteiger partial charge is 0.343 e. The minimum absolute atomic E-state index is 0.00748. The van der Waals surface area contributed by atoms with E-state index in [0.29, 0.717) is 0 Å². The normalized spacial score (nSPS) is 13.1. The molecule has 4 rings (SSSR count). The van der Waals surface area contributed by atoms with Crippen molar-refractivity contribution in [3.63, 3.8) is 0 Å². The number of nitrogens with zero attached hydrogens (tertiary/aromatic N) is 7. The molecule has 1 atom stereocenters. The molecule has 0 aromatic carbocycles. The van der Waals surface area contributed by atoms with Crippen LogP contribution in [0.5, 0.6) is 0 Å². The van der Waals surface area contributed by atoms with Gasteiger partial charge in [0.15, 0.2) is 22.1 Å². The SMILES string of the molecule is CCS(=O)c1nn2c(C(=O)N(C)C)ccnc2c1-c1nc2cc(C(F)(F)F)ccn2n1. The van der Waals surface area contributed by atoms with E-state index in [1.54, 1.807) is 21.0 Å². The Morgan fingerprint density at radius 1 is 1.23 bits per heavy atom. The molecule has 162 valence electrons. The van der Waals surface area contributed by atoms with E-state index in [1.807, 2.05) is 0 Å². The lowest BCUT2D eigenvalue weighted by Crippen LogP contribution is -2.24. The second-order valence-electron chi connectivity index (χ2n) is 6.73. The Balaban J connectivity index is 1.99. The maximum atomic E-state index is 13.0. The van der Waals surface area contributed by atoms with Crippen LogP contribution in [-0.2, 0) is 17.0 Å². The van der Waals surface area contributed by atoms with Gasteiger partial charge in [0.25, 0.3) is 5.91 Å². The predicted molar refractivity (Wildman–Crippen MR) is 105 cm³/mol. The standard InChI is InChI=1S/C18H16F3N7O2S/c1-4-31(30)16-13(15-22-7-5-11(28(15)25-16)17(29)26(2)3)14-23-12-9-10(18(19,20)21)6-8-27(12)24-14/h5-9H,4H2,1-3H3. The Bertz CT molecular complexity index is 1340. The minimum Gasteiger partial charge on any atom is -0.343 e. The third-order valence-corrected chi connectivity index (χ3v) is 5.72. The first-order valence-corrected chi connectivity index (χ1v) is 10.4. The number of carbonyl (C=O) groups excluding carboxylic acids is 1. The number of fused-ring (bicyclic) bond motifs is 2. The highest BCUT2D eigenvalue weighted by Crippen LogP contribution is 2.32. The first-order chi connectivity index (χ1) is 14.6. The summed E-state index contributed by atoms with van der Waals surface area (Å²) in [5.74, 6) is -0.125. The zero-order chi connectivity index (χ0) is 22.5. The molecule has 13 heteroatoms. The van der Waals surface area contributed by atoms with Gasteiger partial charge in [-0.05, 0) is 18.2 Å². The van der Waals surface area contributed by atoms with E-state index in [1.165, 1.54) is 26.2 Å². The minimum atomic E-state index is -4.53. The Kier molecular flexibility index (Phi) is 5.00. The van der Waals surface area contributed by atoms with E-state index in [2.05, 4.69) is 20.2 Å². The molecule has 1 amide bonds. The lowest BCUT2D eigenvalue weighted by molar-refractivity contribution is -0.137. The largest absolute Gasteiger partial charge is 0.416 e. The monoisotopic (exact) mass is 451 g/mol. The second-order valence-corrected chi connectivity index (χ2v) is 8.39. The van der Waals surface area contributed by atoms with Crippen LogP contribution in [0.3, 0.4) is 0 Å². The number of carbonyl (C=O) groups is 1. The van der Waals surface area contributed by atoms with E-state index in [0.717, 1.165) is 18.3 Å². The number of aromatic nitrogens is 6. The molecule has 4 aromatic rings. The first kappa shape index (κ1) is 20.9. The lowest BCUT2D eigenvalue weighted by atomic mass is 10.2. The van der Waals surface area contributed by atoms with E-state index in [-0.39, 0.29) is 45.1 Å². The van der Waals surface area contributed by atoms with Crippen LogP contribution < -0.4 is 0 Å². The summed E-state index contributed by atoms with van der Waals surface area (Å²) in [6.07, 6.45) is -1.99. The molecule has 0 bridgehead atoms. The summed E-state index contributed by atoms with van der Waals surface area (Å²) in [5, 5.41) is 8.66. The van der Waals surface area contributed by atoms with Crippen LogP contribution in [0.4, 0.5) is 13.2 Å². The van der Waals surface area contributed by atoms with Crippen LogP contribution in [0.15, 0.2) is 35.6 Å². The van der Waals surface area contributed by atoms with Crippen LogP contribution in [0.1, 0.15) is 23.0 Å². The molecule has 0 N–H and O–H groups in total. The molecule has 0 radical (unpaired) electrons. The molecule has 4 aromatic heterocycles. The molecule has 0 aliphatic rings. The van der Waals surface area contributed by atoms with Crippen molar-refractivity contribution < 1.29 is 22.2 Å². The molecule has 31 heavy (non-hydrogen) atoms. The average Bonchev–Trinajstić information content (AvgIpc) is 3.31. The summed E-state index contributed by atoms with van der Waals surface area (Å²) in [7, 11) is 1.58. The summed E-state index contributed by atoms with van der Waals surface area (Å²) >= 11 is 0. The number of hydrogen-bond acceptors (Lipinski definition) is 6. The first-order valence-electron chi connectivity index (χ1n) is 9.03. The van der Waals surface area contributed by atoms with Crippen molar-refractivity contribution in [2.75, 3.05) is 19.8 Å². The van der Waals surface area contributed by atoms with E-state index >= 15 is 0 Å². The van der Waals surface area contributed by atoms with Gasteiger partial charge < -0.3 is 4.90 Å². The van der Waals surface area contributed by atoms with Gasteiger partial charge >= 0.3 is 6.18 Å². The number of halogens is 3. The maximum Gasteiger partial charge on any atom is 0.416 e. The van der Waals surface area contributed by atoms with Crippen molar-refractivity contribution in [3.8, 4) is 11.4 Å². The molecule has 0 saturated carbocycles. The van der Waals surface area contributed by atoms with Gasteiger partial charge in [0, 0.05) is 32.2 Å². The summed E-state index contributed by atoms with van der Waals surface area (Å²) in [4.78, 5) is 22.3. The van der Waals surface area contributed by atoms with Gasteiger partial charge in [0.2, 0.25) is 0 Å². The molecule has 0 aliphatic carbocycles. The topological polar surface area (TPSA) is 97.8 Å². The number of rotatable bonds is 4. The number of amides is 1. The highest BCUT2D eigenvalue weighted by molar-refractivity contribution is 7.85. The van der Waals surface area contributed by atoms with Crippen molar-refractivity contribution in [2.45, 2.75) is 18.1 Å². The zero-order valence-electron chi connectivity index (χ0n) is 16.6. The molecule has 4 heterocycles. The Labute approximate surface area is 176 Å². The quantitative estimate of drug-likeness (QED) is 0.472. The Morgan fingerprint density at radius 3 is 2.61 bits per heavy atom. The van der Waals surface area contributed by atoms with Crippen molar-refractivity contribution in [3.05, 3.63) is 41.9 Å². The zero-order valence-corrected chi connectivity index (χ0v) is 17.4. The van der Waals surface area contributed by atoms with Gasteiger partial charge in [-0.1, -0.05) is 6.92 Å². The summed E-state index contributed by atoms with van der Waals surface area (Å²) < 4.78 is 54.3. The molecule has 0 fully saturated rings.